The molecule has 160 valence electrons. The lowest BCUT2D eigenvalue weighted by Crippen LogP contribution is -2.49. The molecule has 8 heteroatoms. The average molecular weight is 420 g/mol. The van der Waals surface area contributed by atoms with Crippen LogP contribution in [0.3, 0.4) is 0 Å². The molecule has 6 rings (SSSR count). The van der Waals surface area contributed by atoms with Crippen LogP contribution in [0.1, 0.15) is 64.9 Å². The van der Waals surface area contributed by atoms with E-state index in [9.17, 15) is 19.7 Å². The van der Waals surface area contributed by atoms with Gasteiger partial charge in [-0.15, -0.1) is 0 Å². The summed E-state index contributed by atoms with van der Waals surface area (Å²) in [5.74, 6) is 1.10. The molecular weight excluding hydrogens is 396 g/mol. The van der Waals surface area contributed by atoms with Gasteiger partial charge >= 0.3 is 0 Å². The standard InChI is InChI=1S/C23H24N4O4/c28-21(25-26-22(29)18-3-1-2-4-19(18)27(30)31)17-5-6-24-20(10-17)23-11-14-7-15(12-23)9-16(8-14)13-23/h1-6,10,14-16H,7-9,11-13H2,(H,25,28)(H,26,29). The summed E-state index contributed by atoms with van der Waals surface area (Å²) < 4.78 is 0. The van der Waals surface area contributed by atoms with Crippen molar-refractivity contribution < 1.29 is 14.5 Å². The molecule has 1 aromatic carbocycles. The summed E-state index contributed by atoms with van der Waals surface area (Å²) in [5, 5.41) is 11.1. The SMILES string of the molecule is O=C(NNC(=O)c1ccccc1[N+](=O)[O-])c1ccnc(C23CC4CC(CC(C4)C2)C3)c1. The van der Waals surface area contributed by atoms with Crippen LogP contribution >= 0.6 is 0 Å². The van der Waals surface area contributed by atoms with E-state index in [2.05, 4.69) is 15.8 Å². The molecule has 1 heterocycles. The summed E-state index contributed by atoms with van der Waals surface area (Å²) in [7, 11) is 0. The van der Waals surface area contributed by atoms with Gasteiger partial charge in [-0.3, -0.25) is 35.5 Å². The van der Waals surface area contributed by atoms with Crippen molar-refractivity contribution in [3.8, 4) is 0 Å². The minimum absolute atomic E-state index is 0.0684. The van der Waals surface area contributed by atoms with Gasteiger partial charge in [-0.1, -0.05) is 12.1 Å². The maximum Gasteiger partial charge on any atom is 0.282 e. The molecular formula is C23H24N4O4. The van der Waals surface area contributed by atoms with Crippen LogP contribution < -0.4 is 10.9 Å². The smallest absolute Gasteiger partial charge is 0.267 e. The number of hydrogen-bond acceptors (Lipinski definition) is 5. The predicted octanol–water partition coefficient (Wildman–Crippen LogP) is 3.53. The van der Waals surface area contributed by atoms with Crippen molar-refractivity contribution in [2.75, 3.05) is 0 Å². The van der Waals surface area contributed by atoms with Gasteiger partial charge < -0.3 is 0 Å². The first-order chi connectivity index (χ1) is 14.9. The molecule has 2 aromatic rings. The van der Waals surface area contributed by atoms with E-state index in [-0.39, 0.29) is 16.7 Å². The van der Waals surface area contributed by atoms with Gasteiger partial charge in [-0.25, -0.2) is 0 Å². The number of nitrogens with one attached hydrogen (secondary N) is 2. The number of aromatic nitrogens is 1. The number of hydrogen-bond donors (Lipinski definition) is 2. The Labute approximate surface area is 179 Å². The van der Waals surface area contributed by atoms with Crippen LogP contribution in [0, 0.1) is 27.9 Å². The van der Waals surface area contributed by atoms with E-state index in [0.717, 1.165) is 42.7 Å². The van der Waals surface area contributed by atoms with Crippen molar-refractivity contribution in [3.63, 3.8) is 0 Å². The fourth-order valence-corrected chi connectivity index (χ4v) is 6.36. The lowest BCUT2D eigenvalue weighted by atomic mass is 9.48. The van der Waals surface area contributed by atoms with Crippen molar-refractivity contribution in [3.05, 3.63) is 69.5 Å². The molecule has 0 radical (unpaired) electrons. The molecule has 0 saturated heterocycles. The van der Waals surface area contributed by atoms with Crippen LogP contribution in [0.4, 0.5) is 5.69 Å². The zero-order valence-corrected chi connectivity index (χ0v) is 17.0. The van der Waals surface area contributed by atoms with Gasteiger partial charge in [0.15, 0.2) is 0 Å². The molecule has 0 unspecified atom stereocenters. The molecule has 4 saturated carbocycles. The normalized spacial score (nSPS) is 28.2. The topological polar surface area (TPSA) is 114 Å². The number of para-hydroxylation sites is 1. The minimum Gasteiger partial charge on any atom is -0.267 e. The van der Waals surface area contributed by atoms with Crippen LogP contribution in [-0.4, -0.2) is 21.7 Å². The Hall–Kier alpha value is -3.29. The van der Waals surface area contributed by atoms with Crippen LogP contribution in [0.15, 0.2) is 42.6 Å². The Morgan fingerprint density at radius 1 is 0.968 bits per heavy atom. The average Bonchev–Trinajstić information content (AvgIpc) is 2.76. The van der Waals surface area contributed by atoms with E-state index in [0.29, 0.717) is 5.56 Å². The second kappa shape index (κ2) is 7.44. The van der Waals surface area contributed by atoms with Gasteiger partial charge in [-0.05, 0) is 74.5 Å². The number of amides is 2. The predicted molar refractivity (Wildman–Crippen MR) is 112 cm³/mol. The van der Waals surface area contributed by atoms with Crippen molar-refractivity contribution in [1.82, 2.24) is 15.8 Å². The molecule has 4 aliphatic rings. The number of pyridine rings is 1. The summed E-state index contributed by atoms with van der Waals surface area (Å²) in [6.45, 7) is 0. The summed E-state index contributed by atoms with van der Waals surface area (Å²) in [6.07, 6.45) is 9.08. The zero-order valence-electron chi connectivity index (χ0n) is 17.0. The van der Waals surface area contributed by atoms with E-state index in [1.165, 1.54) is 43.5 Å². The molecule has 31 heavy (non-hydrogen) atoms. The molecule has 0 spiro atoms. The van der Waals surface area contributed by atoms with Crippen LogP contribution in [0.25, 0.3) is 0 Å². The molecule has 4 fully saturated rings. The molecule has 2 N–H and O–H groups in total. The van der Waals surface area contributed by atoms with Crippen LogP contribution in [0.2, 0.25) is 0 Å². The number of carbonyl (C=O) groups excluding carboxylic acids is 2. The first-order valence-electron chi connectivity index (χ1n) is 10.7. The molecule has 8 nitrogen and oxygen atoms in total. The number of hydrazine groups is 1. The van der Waals surface area contributed by atoms with E-state index >= 15 is 0 Å². The summed E-state index contributed by atoms with van der Waals surface area (Å²) in [5.41, 5.74) is 5.69. The number of nitrogens with zero attached hydrogens (tertiary/aromatic N) is 2. The van der Waals surface area contributed by atoms with Crippen LogP contribution in [-0.2, 0) is 5.41 Å². The third-order valence-corrected chi connectivity index (χ3v) is 7.24. The highest BCUT2D eigenvalue weighted by molar-refractivity contribution is 6.01. The Bertz CT molecular complexity index is 1030. The zero-order chi connectivity index (χ0) is 21.6. The van der Waals surface area contributed by atoms with E-state index < -0.39 is 16.7 Å². The molecule has 2 amide bonds. The highest BCUT2D eigenvalue weighted by Gasteiger charge is 2.52. The molecule has 4 bridgehead atoms. The first-order valence-corrected chi connectivity index (χ1v) is 10.7. The molecule has 4 aliphatic carbocycles. The quantitative estimate of drug-likeness (QED) is 0.580. The van der Waals surface area contributed by atoms with Gasteiger partial charge in [0, 0.05) is 28.9 Å². The highest BCUT2D eigenvalue weighted by Crippen LogP contribution is 2.60. The van der Waals surface area contributed by atoms with E-state index in [4.69, 9.17) is 0 Å². The van der Waals surface area contributed by atoms with Crippen molar-refractivity contribution in [1.29, 1.82) is 0 Å². The second-order valence-electron chi connectivity index (χ2n) is 9.31. The molecule has 1 aromatic heterocycles. The Balaban J connectivity index is 1.30. The van der Waals surface area contributed by atoms with Gasteiger partial charge in [0.2, 0.25) is 0 Å². The second-order valence-corrected chi connectivity index (χ2v) is 9.31. The lowest BCUT2D eigenvalue weighted by molar-refractivity contribution is -0.385. The minimum atomic E-state index is -0.740. The maximum atomic E-state index is 12.7. The van der Waals surface area contributed by atoms with E-state index in [1.54, 1.807) is 12.3 Å². The summed E-state index contributed by atoms with van der Waals surface area (Å²) >= 11 is 0. The third-order valence-electron chi connectivity index (χ3n) is 7.24. The number of carbonyl (C=O) groups is 2. The van der Waals surface area contributed by atoms with Crippen LogP contribution in [0.5, 0.6) is 0 Å². The Morgan fingerprint density at radius 3 is 2.23 bits per heavy atom. The van der Waals surface area contributed by atoms with Crippen molar-refractivity contribution in [2.24, 2.45) is 17.8 Å². The highest BCUT2D eigenvalue weighted by atomic mass is 16.6. The van der Waals surface area contributed by atoms with Crippen molar-refractivity contribution >= 4 is 17.5 Å². The third kappa shape index (κ3) is 3.56. The Morgan fingerprint density at radius 2 is 1.58 bits per heavy atom. The number of nitro benzene ring substituents is 1. The summed E-state index contributed by atoms with van der Waals surface area (Å²) in [4.78, 5) is 40.2. The van der Waals surface area contributed by atoms with Gasteiger partial charge in [0.25, 0.3) is 17.5 Å². The van der Waals surface area contributed by atoms with Gasteiger partial charge in [0.05, 0.1) is 4.92 Å². The summed E-state index contributed by atoms with van der Waals surface area (Å²) in [6, 6.07) is 9.07. The first kappa shape index (κ1) is 19.7. The number of nitro groups is 1. The monoisotopic (exact) mass is 420 g/mol. The maximum absolute atomic E-state index is 12.7. The fourth-order valence-electron chi connectivity index (χ4n) is 6.36. The fraction of sp³-hybridized carbons (Fsp3) is 0.435. The van der Waals surface area contributed by atoms with Crippen molar-refractivity contribution in [2.45, 2.75) is 43.9 Å². The van der Waals surface area contributed by atoms with E-state index in [1.807, 2.05) is 6.07 Å². The largest absolute Gasteiger partial charge is 0.282 e. The Kier molecular flexibility index (Phi) is 4.72. The molecule has 0 aliphatic heterocycles. The van der Waals surface area contributed by atoms with Gasteiger partial charge in [0.1, 0.15) is 5.56 Å². The van der Waals surface area contributed by atoms with Gasteiger partial charge in [-0.2, -0.15) is 0 Å². The number of benzene rings is 1. The lowest BCUT2D eigenvalue weighted by Gasteiger charge is -2.56. The molecule has 0 atom stereocenters. The number of rotatable bonds is 4.